The van der Waals surface area contributed by atoms with Gasteiger partial charge in [-0.3, -0.25) is 0 Å². The first-order valence-corrected chi connectivity index (χ1v) is 7.11. The number of carbonyl (C=O) groups excluding carboxylic acids is 2. The Bertz CT molecular complexity index is 391. The van der Waals surface area contributed by atoms with Crippen molar-refractivity contribution in [1.29, 1.82) is 0 Å². The summed E-state index contributed by atoms with van der Waals surface area (Å²) in [6.07, 6.45) is 1.08. The Balaban J connectivity index is 5.03. The van der Waals surface area contributed by atoms with Crippen LogP contribution in [0.2, 0.25) is 0 Å². The molecule has 1 N–H and O–H groups in total. The molecule has 0 fully saturated rings. The summed E-state index contributed by atoms with van der Waals surface area (Å²) < 4.78 is 10.1. The Morgan fingerprint density at radius 3 is 2.00 bits per heavy atom. The first-order valence-electron chi connectivity index (χ1n) is 6.32. The maximum absolute atomic E-state index is 11.8. The van der Waals surface area contributed by atoms with E-state index in [0.29, 0.717) is 0 Å². The fourth-order valence-electron chi connectivity index (χ4n) is 1.25. The van der Waals surface area contributed by atoms with E-state index in [1.165, 1.54) is 7.11 Å². The van der Waals surface area contributed by atoms with Crippen LogP contribution in [0.5, 0.6) is 0 Å². The van der Waals surface area contributed by atoms with Crippen molar-refractivity contribution in [3.05, 3.63) is 10.6 Å². The summed E-state index contributed by atoms with van der Waals surface area (Å²) in [5.74, 6) is -0.495. The van der Waals surface area contributed by atoms with E-state index >= 15 is 0 Å². The summed E-state index contributed by atoms with van der Waals surface area (Å²) >= 11 is 3.14. The topological polar surface area (TPSA) is 64.6 Å². The Kier molecular flexibility index (Phi) is 6.74. The molecule has 5 nitrogen and oxygen atoms in total. The van der Waals surface area contributed by atoms with Gasteiger partial charge in [0, 0.05) is 0 Å². The summed E-state index contributed by atoms with van der Waals surface area (Å²) in [6.45, 7) is 11.2. The average Bonchev–Trinajstić information content (AvgIpc) is 2.22. The SMILES string of the molecule is COC(=O)/C(Br)=C/C(NC(=O)OC(C)(C)C)C(C)(C)C. The highest BCUT2D eigenvalue weighted by Gasteiger charge is 2.28. The quantitative estimate of drug-likeness (QED) is 0.626. The molecule has 1 unspecified atom stereocenters. The third-order valence-corrected chi connectivity index (χ3v) is 2.89. The molecule has 0 aliphatic heterocycles. The highest BCUT2D eigenvalue weighted by molar-refractivity contribution is 9.12. The number of halogens is 1. The zero-order valence-electron chi connectivity index (χ0n) is 13.2. The van der Waals surface area contributed by atoms with E-state index in [4.69, 9.17) is 4.74 Å². The molecule has 20 heavy (non-hydrogen) atoms. The molecule has 0 radical (unpaired) electrons. The smallest absolute Gasteiger partial charge is 0.408 e. The molecule has 0 aromatic heterocycles. The number of carbonyl (C=O) groups is 2. The third-order valence-electron chi connectivity index (χ3n) is 2.30. The molecule has 1 amide bonds. The minimum atomic E-state index is -0.574. The highest BCUT2D eigenvalue weighted by atomic mass is 79.9. The summed E-state index contributed by atoms with van der Waals surface area (Å²) in [7, 11) is 1.30. The second-order valence-electron chi connectivity index (χ2n) is 6.50. The van der Waals surface area contributed by atoms with E-state index < -0.39 is 17.7 Å². The Morgan fingerprint density at radius 1 is 1.15 bits per heavy atom. The number of esters is 1. The van der Waals surface area contributed by atoms with Crippen LogP contribution in [0, 0.1) is 5.41 Å². The van der Waals surface area contributed by atoms with Crippen molar-refractivity contribution in [2.75, 3.05) is 7.11 Å². The van der Waals surface area contributed by atoms with E-state index in [0.717, 1.165) is 0 Å². The van der Waals surface area contributed by atoms with Crippen LogP contribution in [-0.2, 0) is 14.3 Å². The molecule has 0 spiro atoms. The van der Waals surface area contributed by atoms with Gasteiger partial charge in [0.2, 0.25) is 0 Å². The summed E-state index contributed by atoms with van der Waals surface area (Å²) in [5, 5.41) is 2.75. The summed E-state index contributed by atoms with van der Waals surface area (Å²) in [4.78, 5) is 23.3. The predicted octanol–water partition coefficient (Wildman–Crippen LogP) is 3.38. The van der Waals surface area contributed by atoms with E-state index in [1.807, 2.05) is 20.8 Å². The molecule has 116 valence electrons. The molecule has 0 aromatic carbocycles. The van der Waals surface area contributed by atoms with Gasteiger partial charge in [-0.1, -0.05) is 20.8 Å². The zero-order chi connectivity index (χ0) is 16.1. The maximum Gasteiger partial charge on any atom is 0.408 e. The average molecular weight is 350 g/mol. The van der Waals surface area contributed by atoms with Crippen LogP contribution >= 0.6 is 15.9 Å². The van der Waals surface area contributed by atoms with Crippen molar-refractivity contribution >= 4 is 28.0 Å². The number of hydrogen-bond donors (Lipinski definition) is 1. The second kappa shape index (κ2) is 7.11. The van der Waals surface area contributed by atoms with Crippen LogP contribution in [0.4, 0.5) is 4.79 Å². The van der Waals surface area contributed by atoms with Crippen LogP contribution in [0.1, 0.15) is 41.5 Å². The van der Waals surface area contributed by atoms with Crippen molar-refractivity contribution in [2.45, 2.75) is 53.2 Å². The first-order chi connectivity index (χ1) is 8.86. The number of alkyl carbamates (subject to hydrolysis) is 1. The fourth-order valence-corrected chi connectivity index (χ4v) is 1.68. The molecule has 0 bridgehead atoms. The van der Waals surface area contributed by atoms with E-state index in [9.17, 15) is 9.59 Å². The van der Waals surface area contributed by atoms with Crippen molar-refractivity contribution in [3.63, 3.8) is 0 Å². The van der Waals surface area contributed by atoms with Gasteiger partial charge in [-0.25, -0.2) is 9.59 Å². The van der Waals surface area contributed by atoms with Crippen LogP contribution in [0.3, 0.4) is 0 Å². The van der Waals surface area contributed by atoms with Crippen LogP contribution < -0.4 is 5.32 Å². The minimum Gasteiger partial charge on any atom is -0.465 e. The van der Waals surface area contributed by atoms with E-state index in [-0.39, 0.29) is 15.9 Å². The number of amides is 1. The molecular weight excluding hydrogens is 326 g/mol. The molecule has 0 aliphatic rings. The lowest BCUT2D eigenvalue weighted by Gasteiger charge is -2.30. The Labute approximate surface area is 129 Å². The van der Waals surface area contributed by atoms with Crippen molar-refractivity contribution < 1.29 is 19.1 Å². The number of ether oxygens (including phenoxy) is 2. The lowest BCUT2D eigenvalue weighted by atomic mass is 9.86. The molecule has 1 atom stereocenters. The van der Waals surface area contributed by atoms with E-state index in [1.54, 1.807) is 26.8 Å². The highest BCUT2D eigenvalue weighted by Crippen LogP contribution is 2.23. The second-order valence-corrected chi connectivity index (χ2v) is 7.35. The molecule has 0 rings (SSSR count). The number of rotatable bonds is 3. The van der Waals surface area contributed by atoms with Gasteiger partial charge in [0.15, 0.2) is 0 Å². The Hall–Kier alpha value is -1.04. The minimum absolute atomic E-state index is 0.260. The lowest BCUT2D eigenvalue weighted by Crippen LogP contribution is -2.44. The first kappa shape index (κ1) is 19.0. The van der Waals surface area contributed by atoms with E-state index in [2.05, 4.69) is 26.0 Å². The van der Waals surface area contributed by atoms with Crippen molar-refractivity contribution in [2.24, 2.45) is 5.41 Å². The fraction of sp³-hybridized carbons (Fsp3) is 0.714. The standard InChI is InChI=1S/C14H24BrNO4/c1-13(2,3)10(8-9(15)11(17)19-7)16-12(18)20-14(4,5)6/h8,10H,1-7H3,(H,16,18)/b9-8-. The van der Waals surface area contributed by atoms with Crippen molar-refractivity contribution in [1.82, 2.24) is 5.32 Å². The molecule has 0 aromatic rings. The van der Waals surface area contributed by atoms with Gasteiger partial charge in [-0.2, -0.15) is 0 Å². The molecule has 0 saturated heterocycles. The monoisotopic (exact) mass is 349 g/mol. The molecule has 0 saturated carbocycles. The van der Waals surface area contributed by atoms with Gasteiger partial charge in [-0.15, -0.1) is 0 Å². The van der Waals surface area contributed by atoms with Gasteiger partial charge in [0.1, 0.15) is 10.1 Å². The number of nitrogens with one attached hydrogen (secondary N) is 1. The predicted molar refractivity (Wildman–Crippen MR) is 81.6 cm³/mol. The van der Waals surface area contributed by atoms with Gasteiger partial charge in [-0.05, 0) is 48.2 Å². The van der Waals surface area contributed by atoms with Gasteiger partial charge >= 0.3 is 12.1 Å². The van der Waals surface area contributed by atoms with Crippen LogP contribution in [0.25, 0.3) is 0 Å². The summed E-state index contributed by atoms with van der Waals surface area (Å²) in [5.41, 5.74) is -0.861. The largest absolute Gasteiger partial charge is 0.465 e. The molecule has 0 heterocycles. The van der Waals surface area contributed by atoms with Gasteiger partial charge in [0.25, 0.3) is 0 Å². The zero-order valence-corrected chi connectivity index (χ0v) is 14.8. The number of methoxy groups -OCH3 is 1. The molecule has 0 aliphatic carbocycles. The molecular formula is C14H24BrNO4. The van der Waals surface area contributed by atoms with Crippen molar-refractivity contribution in [3.8, 4) is 0 Å². The molecule has 6 heteroatoms. The maximum atomic E-state index is 11.8. The lowest BCUT2D eigenvalue weighted by molar-refractivity contribution is -0.135. The third kappa shape index (κ3) is 7.53. The normalized spacial score (nSPS) is 14.5. The van der Waals surface area contributed by atoms with Crippen LogP contribution in [0.15, 0.2) is 10.6 Å². The number of hydrogen-bond acceptors (Lipinski definition) is 4. The van der Waals surface area contributed by atoms with Gasteiger partial charge < -0.3 is 14.8 Å². The van der Waals surface area contributed by atoms with Crippen LogP contribution in [-0.4, -0.2) is 30.8 Å². The summed E-state index contributed by atoms with van der Waals surface area (Å²) in [6, 6.07) is -0.383. The Morgan fingerprint density at radius 2 is 1.65 bits per heavy atom. The van der Waals surface area contributed by atoms with Gasteiger partial charge in [0.05, 0.1) is 13.2 Å².